The Balaban J connectivity index is 2.84. The Hall–Kier alpha value is -1.88. The van der Waals surface area contributed by atoms with Crippen LogP contribution in [0.25, 0.3) is 0 Å². The largest absolute Gasteiger partial charge is 0.478 e. The van der Waals surface area contributed by atoms with E-state index in [1.807, 2.05) is 0 Å². The summed E-state index contributed by atoms with van der Waals surface area (Å²) in [5.41, 5.74) is -0.0537. The lowest BCUT2D eigenvalue weighted by Crippen LogP contribution is -2.15. The van der Waals surface area contributed by atoms with Crippen LogP contribution in [-0.4, -0.2) is 30.8 Å². The number of carbonyl (C=O) groups excluding carboxylic acids is 1. The monoisotopic (exact) mass is 210 g/mol. The van der Waals surface area contributed by atoms with Crippen LogP contribution in [0.3, 0.4) is 0 Å². The number of esters is 1. The second kappa shape index (κ2) is 5.11. The van der Waals surface area contributed by atoms with Crippen molar-refractivity contribution < 1.29 is 24.2 Å². The van der Waals surface area contributed by atoms with E-state index >= 15 is 0 Å². The molecule has 0 spiro atoms. The van der Waals surface area contributed by atoms with Gasteiger partial charge in [-0.1, -0.05) is 12.1 Å². The van der Waals surface area contributed by atoms with E-state index in [0.29, 0.717) is 0 Å². The number of methoxy groups -OCH3 is 1. The first kappa shape index (κ1) is 11.2. The molecule has 15 heavy (non-hydrogen) atoms. The fraction of sp³-hybridized carbons (Fsp3) is 0.200. The van der Waals surface area contributed by atoms with Gasteiger partial charge >= 0.3 is 11.9 Å². The van der Waals surface area contributed by atoms with Crippen molar-refractivity contribution in [1.29, 1.82) is 0 Å². The Labute approximate surface area is 86.2 Å². The molecular weight excluding hydrogens is 200 g/mol. The van der Waals surface area contributed by atoms with Gasteiger partial charge in [-0.3, -0.25) is 0 Å². The number of rotatable bonds is 4. The number of benzene rings is 1. The normalized spacial score (nSPS) is 9.67. The molecular formula is C10H10O5. The number of hydrogen-bond donors (Lipinski definition) is 1. The molecule has 0 fully saturated rings. The topological polar surface area (TPSA) is 72.8 Å². The molecule has 0 bridgehead atoms. The molecule has 0 aliphatic rings. The molecule has 0 unspecified atom stereocenters. The van der Waals surface area contributed by atoms with Crippen molar-refractivity contribution in [3.63, 3.8) is 0 Å². The second-order valence-electron chi connectivity index (χ2n) is 2.71. The lowest BCUT2D eigenvalue weighted by atomic mass is 10.2. The molecule has 1 aromatic carbocycles. The number of carbonyl (C=O) groups is 2. The Kier molecular flexibility index (Phi) is 3.82. The Bertz CT molecular complexity index is 372. The van der Waals surface area contributed by atoms with E-state index in [-0.39, 0.29) is 17.9 Å². The summed E-state index contributed by atoms with van der Waals surface area (Å²) in [7, 11) is 1.35. The molecule has 0 aliphatic carbocycles. The van der Waals surface area contributed by atoms with Crippen LogP contribution in [0.5, 0.6) is 5.75 Å². The molecule has 0 aliphatic heterocycles. The molecule has 5 nitrogen and oxygen atoms in total. The van der Waals surface area contributed by atoms with E-state index in [1.165, 1.54) is 19.2 Å². The van der Waals surface area contributed by atoms with E-state index in [1.54, 1.807) is 12.1 Å². The number of para-hydroxylation sites is 1. The molecule has 5 heteroatoms. The Morgan fingerprint density at radius 2 is 2.00 bits per heavy atom. The second-order valence-corrected chi connectivity index (χ2v) is 2.71. The van der Waals surface area contributed by atoms with Gasteiger partial charge in [0, 0.05) is 7.11 Å². The molecule has 0 amide bonds. The van der Waals surface area contributed by atoms with Crippen molar-refractivity contribution in [3.8, 4) is 5.75 Å². The Morgan fingerprint density at radius 1 is 1.33 bits per heavy atom. The molecule has 0 heterocycles. The molecule has 1 aromatic rings. The molecule has 1 N–H and O–H groups in total. The number of hydrogen-bond acceptors (Lipinski definition) is 4. The van der Waals surface area contributed by atoms with Crippen LogP contribution in [0.2, 0.25) is 0 Å². The predicted octanol–water partition coefficient (Wildman–Crippen LogP) is 0.937. The summed E-state index contributed by atoms with van der Waals surface area (Å²) in [5, 5.41) is 8.79. The first-order chi connectivity index (χ1) is 7.15. The summed E-state index contributed by atoms with van der Waals surface area (Å²) in [4.78, 5) is 21.8. The van der Waals surface area contributed by atoms with Crippen LogP contribution in [0.15, 0.2) is 24.3 Å². The third-order valence-corrected chi connectivity index (χ3v) is 1.60. The third kappa shape index (κ3) is 3.07. The Morgan fingerprint density at radius 3 is 2.60 bits per heavy atom. The van der Waals surface area contributed by atoms with Crippen LogP contribution >= 0.6 is 0 Å². The fourth-order valence-electron chi connectivity index (χ4n) is 1.00. The van der Waals surface area contributed by atoms with Crippen LogP contribution < -0.4 is 4.74 Å². The van der Waals surface area contributed by atoms with E-state index in [2.05, 4.69) is 4.74 Å². The summed E-state index contributed by atoms with van der Waals surface area (Å²) in [6, 6.07) is 5.91. The van der Waals surface area contributed by atoms with E-state index in [0.717, 1.165) is 0 Å². The van der Waals surface area contributed by atoms with Gasteiger partial charge in [-0.2, -0.15) is 0 Å². The lowest BCUT2D eigenvalue weighted by molar-refractivity contribution is -0.138. The average Bonchev–Trinajstić information content (AvgIpc) is 2.18. The summed E-state index contributed by atoms with van der Waals surface area (Å²) < 4.78 is 9.36. The van der Waals surface area contributed by atoms with Gasteiger partial charge in [-0.25, -0.2) is 9.59 Å². The number of ether oxygens (including phenoxy) is 2. The summed E-state index contributed by atoms with van der Waals surface area (Å²) in [6.07, 6.45) is 0. The zero-order valence-corrected chi connectivity index (χ0v) is 8.10. The van der Waals surface area contributed by atoms with E-state index in [4.69, 9.17) is 9.84 Å². The molecule has 0 atom stereocenters. The highest BCUT2D eigenvalue weighted by Crippen LogP contribution is 2.17. The fourth-order valence-corrected chi connectivity index (χ4v) is 1.00. The van der Waals surface area contributed by atoms with E-state index < -0.39 is 11.9 Å². The molecule has 0 saturated heterocycles. The van der Waals surface area contributed by atoms with Crippen molar-refractivity contribution in [2.75, 3.05) is 13.7 Å². The van der Waals surface area contributed by atoms with Gasteiger partial charge in [0.1, 0.15) is 17.9 Å². The quantitative estimate of drug-likeness (QED) is 0.591. The minimum Gasteiger partial charge on any atom is -0.478 e. The zero-order valence-electron chi connectivity index (χ0n) is 8.10. The maximum absolute atomic E-state index is 11.0. The standard InChI is InChI=1S/C10H10O5/c1-14-6-9(11)15-8-5-3-2-4-7(8)10(12)13/h2-5H,6H2,1H3,(H,12,13). The SMILES string of the molecule is COCC(=O)Oc1ccccc1C(=O)O. The van der Waals surface area contributed by atoms with E-state index in [9.17, 15) is 9.59 Å². The average molecular weight is 210 g/mol. The highest BCUT2D eigenvalue weighted by atomic mass is 16.6. The lowest BCUT2D eigenvalue weighted by Gasteiger charge is -2.05. The van der Waals surface area contributed by atoms with Crippen LogP contribution in [0.1, 0.15) is 10.4 Å². The maximum atomic E-state index is 11.0. The van der Waals surface area contributed by atoms with Crippen LogP contribution in [-0.2, 0) is 9.53 Å². The van der Waals surface area contributed by atoms with Gasteiger partial charge in [-0.15, -0.1) is 0 Å². The van der Waals surface area contributed by atoms with Gasteiger partial charge < -0.3 is 14.6 Å². The predicted molar refractivity (Wildman–Crippen MR) is 50.9 cm³/mol. The summed E-state index contributed by atoms with van der Waals surface area (Å²) in [6.45, 7) is -0.214. The van der Waals surface area contributed by atoms with Crippen LogP contribution in [0.4, 0.5) is 0 Å². The summed E-state index contributed by atoms with van der Waals surface area (Å²) >= 11 is 0. The van der Waals surface area contributed by atoms with Crippen molar-refractivity contribution in [2.24, 2.45) is 0 Å². The highest BCUT2D eigenvalue weighted by Gasteiger charge is 2.13. The third-order valence-electron chi connectivity index (χ3n) is 1.60. The number of aromatic carboxylic acids is 1. The minimum atomic E-state index is -1.14. The molecule has 0 saturated carbocycles. The highest BCUT2D eigenvalue weighted by molar-refractivity contribution is 5.92. The smallest absolute Gasteiger partial charge is 0.339 e. The first-order valence-electron chi connectivity index (χ1n) is 4.17. The van der Waals surface area contributed by atoms with Crippen molar-refractivity contribution in [3.05, 3.63) is 29.8 Å². The van der Waals surface area contributed by atoms with Crippen LogP contribution in [0, 0.1) is 0 Å². The molecule has 1 rings (SSSR count). The van der Waals surface area contributed by atoms with Crippen molar-refractivity contribution in [2.45, 2.75) is 0 Å². The first-order valence-corrected chi connectivity index (χ1v) is 4.17. The molecule has 0 radical (unpaired) electrons. The van der Waals surface area contributed by atoms with Crippen molar-refractivity contribution >= 4 is 11.9 Å². The van der Waals surface area contributed by atoms with Crippen molar-refractivity contribution in [1.82, 2.24) is 0 Å². The van der Waals surface area contributed by atoms with Gasteiger partial charge in [0.05, 0.1) is 0 Å². The maximum Gasteiger partial charge on any atom is 0.339 e. The van der Waals surface area contributed by atoms with Gasteiger partial charge in [-0.05, 0) is 12.1 Å². The number of carboxylic acids is 1. The summed E-state index contributed by atoms with van der Waals surface area (Å²) in [5.74, 6) is -1.76. The molecule has 80 valence electrons. The molecule has 0 aromatic heterocycles. The minimum absolute atomic E-state index is 0.0204. The van der Waals surface area contributed by atoms with Gasteiger partial charge in [0.15, 0.2) is 0 Å². The van der Waals surface area contributed by atoms with Gasteiger partial charge in [0.2, 0.25) is 0 Å². The zero-order chi connectivity index (χ0) is 11.3. The van der Waals surface area contributed by atoms with Gasteiger partial charge in [0.25, 0.3) is 0 Å². The number of carboxylic acid groups (broad SMARTS) is 1.